The number of hydrogen-bond acceptors (Lipinski definition) is 5. The van der Waals surface area contributed by atoms with Crippen molar-refractivity contribution in [1.29, 1.82) is 0 Å². The molecule has 4 rings (SSSR count). The predicted molar refractivity (Wildman–Crippen MR) is 79.6 cm³/mol. The smallest absolute Gasteiger partial charge is 0.134 e. The average molecular weight is 303 g/mol. The molecule has 5 heteroatoms. The number of nitrogens with one attached hydrogen (secondary N) is 1. The van der Waals surface area contributed by atoms with Gasteiger partial charge in [-0.1, -0.05) is 17.9 Å². The van der Waals surface area contributed by atoms with Crippen LogP contribution in [0.25, 0.3) is 0 Å². The van der Waals surface area contributed by atoms with Gasteiger partial charge in [0, 0.05) is 11.6 Å². The predicted octanol–water partition coefficient (Wildman–Crippen LogP) is -0.784. The van der Waals surface area contributed by atoms with Gasteiger partial charge in [-0.2, -0.15) is 0 Å². The highest BCUT2D eigenvalue weighted by atomic mass is 16.3. The maximum absolute atomic E-state index is 11.4. The third kappa shape index (κ3) is 1.62. The van der Waals surface area contributed by atoms with Gasteiger partial charge in [0.2, 0.25) is 0 Å². The largest absolute Gasteiger partial charge is 0.390 e. The second-order valence-corrected chi connectivity index (χ2v) is 6.88. The number of allylic oxidation sites excluding steroid dienone is 1. The molecule has 1 saturated carbocycles. The van der Waals surface area contributed by atoms with Crippen molar-refractivity contribution in [3.63, 3.8) is 0 Å². The molecule has 6 atom stereocenters. The summed E-state index contributed by atoms with van der Waals surface area (Å²) in [6, 6.07) is -0.163. The zero-order valence-electron chi connectivity index (χ0n) is 12.3. The summed E-state index contributed by atoms with van der Waals surface area (Å²) >= 11 is 0. The van der Waals surface area contributed by atoms with E-state index < -0.39 is 29.3 Å². The van der Waals surface area contributed by atoms with E-state index in [0.29, 0.717) is 37.8 Å². The lowest BCUT2D eigenvalue weighted by molar-refractivity contribution is -0.220. The Kier molecular flexibility index (Phi) is 3.06. The number of hydrogen-bond donors (Lipinski definition) is 5. The first-order valence-electron chi connectivity index (χ1n) is 7.92. The van der Waals surface area contributed by atoms with Gasteiger partial charge in [0.05, 0.1) is 23.2 Å². The molecular formula is C17H21NO4. The quantitative estimate of drug-likeness (QED) is 0.379. The summed E-state index contributed by atoms with van der Waals surface area (Å²) in [5.74, 6) is 5.78. The summed E-state index contributed by atoms with van der Waals surface area (Å²) in [6.07, 6.45) is 2.70. The SMILES string of the molecule is OC1C#CC2=C(C=C1)C[C@H]1NCCC23C(O)[C@H](O)CC[C@@]13O. The number of aliphatic hydroxyl groups excluding tert-OH is 3. The zero-order chi connectivity index (χ0) is 15.5. The van der Waals surface area contributed by atoms with Crippen molar-refractivity contribution in [2.24, 2.45) is 5.41 Å². The Morgan fingerprint density at radius 2 is 2.05 bits per heavy atom. The van der Waals surface area contributed by atoms with Crippen LogP contribution >= 0.6 is 0 Å². The summed E-state index contributed by atoms with van der Waals surface area (Å²) in [5, 5.41) is 45.6. The monoisotopic (exact) mass is 303 g/mol. The fraction of sp³-hybridized carbons (Fsp3) is 0.647. The molecule has 3 aliphatic carbocycles. The molecule has 5 nitrogen and oxygen atoms in total. The summed E-state index contributed by atoms with van der Waals surface area (Å²) < 4.78 is 0. The molecule has 0 spiro atoms. The van der Waals surface area contributed by atoms with Crippen LogP contribution < -0.4 is 5.32 Å². The van der Waals surface area contributed by atoms with Gasteiger partial charge >= 0.3 is 0 Å². The molecule has 0 aromatic rings. The van der Waals surface area contributed by atoms with Gasteiger partial charge < -0.3 is 25.7 Å². The van der Waals surface area contributed by atoms with Crippen molar-refractivity contribution in [3.05, 3.63) is 23.3 Å². The fourth-order valence-corrected chi connectivity index (χ4v) is 4.88. The van der Waals surface area contributed by atoms with Crippen LogP contribution in [0.5, 0.6) is 0 Å². The van der Waals surface area contributed by atoms with E-state index in [-0.39, 0.29) is 6.04 Å². The molecule has 0 amide bonds. The minimum atomic E-state index is -1.11. The normalized spacial score (nSPS) is 49.6. The standard InChI is InChI=1S/C17H21NO4/c19-11-2-1-10-9-14-17(22)6-5-13(20)15(21)16(17,7-8-18-14)12(10)4-3-11/h1-2,11,13-15,18-22H,5-9H2/t11?,13-,14-,15?,16?,17-/m1/s1. The lowest BCUT2D eigenvalue weighted by Crippen LogP contribution is -2.75. The van der Waals surface area contributed by atoms with E-state index in [1.807, 2.05) is 6.08 Å². The second-order valence-electron chi connectivity index (χ2n) is 6.88. The molecule has 1 saturated heterocycles. The van der Waals surface area contributed by atoms with Gasteiger partial charge in [-0.25, -0.2) is 0 Å². The number of rotatable bonds is 0. The van der Waals surface area contributed by atoms with E-state index >= 15 is 0 Å². The first kappa shape index (κ1) is 14.4. The Bertz CT molecular complexity index is 630. The molecule has 2 bridgehead atoms. The lowest BCUT2D eigenvalue weighted by atomic mass is 9.48. The second kappa shape index (κ2) is 4.67. The molecular weight excluding hydrogens is 282 g/mol. The zero-order valence-corrected chi connectivity index (χ0v) is 12.3. The maximum atomic E-state index is 11.4. The van der Waals surface area contributed by atoms with Crippen LogP contribution in [0.1, 0.15) is 25.7 Å². The average Bonchev–Trinajstić information content (AvgIpc) is 2.66. The van der Waals surface area contributed by atoms with Crippen LogP contribution in [0.3, 0.4) is 0 Å². The molecule has 3 unspecified atom stereocenters. The molecule has 2 fully saturated rings. The highest BCUT2D eigenvalue weighted by Gasteiger charge is 2.67. The minimum absolute atomic E-state index is 0.163. The Morgan fingerprint density at radius 1 is 1.23 bits per heavy atom. The molecule has 0 radical (unpaired) electrons. The molecule has 5 N–H and O–H groups in total. The van der Waals surface area contributed by atoms with Crippen molar-refractivity contribution in [3.8, 4) is 11.8 Å². The highest BCUT2D eigenvalue weighted by molar-refractivity contribution is 5.54. The van der Waals surface area contributed by atoms with Crippen LogP contribution in [0.4, 0.5) is 0 Å². The number of piperidine rings is 1. The molecule has 118 valence electrons. The van der Waals surface area contributed by atoms with Crippen molar-refractivity contribution >= 4 is 0 Å². The van der Waals surface area contributed by atoms with Crippen LogP contribution in [0.2, 0.25) is 0 Å². The van der Waals surface area contributed by atoms with Crippen LogP contribution in [0, 0.1) is 17.3 Å². The van der Waals surface area contributed by atoms with Gasteiger partial charge in [-0.15, -0.1) is 0 Å². The third-order valence-electron chi connectivity index (χ3n) is 5.97. The van der Waals surface area contributed by atoms with E-state index in [0.717, 1.165) is 5.57 Å². The minimum Gasteiger partial charge on any atom is -0.390 e. The van der Waals surface area contributed by atoms with E-state index in [4.69, 9.17) is 0 Å². The molecule has 0 aromatic heterocycles. The van der Waals surface area contributed by atoms with E-state index in [2.05, 4.69) is 17.2 Å². The summed E-state index contributed by atoms with van der Waals surface area (Å²) in [6.45, 7) is 0.668. The van der Waals surface area contributed by atoms with E-state index in [9.17, 15) is 20.4 Å². The van der Waals surface area contributed by atoms with Crippen molar-refractivity contribution < 1.29 is 20.4 Å². The summed E-state index contributed by atoms with van der Waals surface area (Å²) in [5.41, 5.74) is -0.415. The number of aliphatic hydroxyl groups is 4. The lowest BCUT2D eigenvalue weighted by Gasteiger charge is -2.63. The topological polar surface area (TPSA) is 93.0 Å². The van der Waals surface area contributed by atoms with Gasteiger partial charge in [-0.05, 0) is 43.9 Å². The fourth-order valence-electron chi connectivity index (χ4n) is 4.88. The highest BCUT2D eigenvalue weighted by Crippen LogP contribution is 2.59. The van der Waals surface area contributed by atoms with Crippen molar-refractivity contribution in [1.82, 2.24) is 5.32 Å². The molecule has 1 aliphatic heterocycles. The van der Waals surface area contributed by atoms with Gasteiger partial charge in [0.25, 0.3) is 0 Å². The maximum Gasteiger partial charge on any atom is 0.134 e. The Morgan fingerprint density at radius 3 is 2.86 bits per heavy atom. The third-order valence-corrected chi connectivity index (χ3v) is 5.97. The van der Waals surface area contributed by atoms with Crippen LogP contribution in [-0.4, -0.2) is 56.9 Å². The van der Waals surface area contributed by atoms with Crippen molar-refractivity contribution in [2.75, 3.05) is 6.54 Å². The molecule has 1 heterocycles. The Balaban J connectivity index is 1.96. The summed E-state index contributed by atoms with van der Waals surface area (Å²) in [7, 11) is 0. The van der Waals surface area contributed by atoms with E-state index in [1.54, 1.807) is 6.08 Å². The van der Waals surface area contributed by atoms with Crippen molar-refractivity contribution in [2.45, 2.75) is 55.6 Å². The molecule has 0 aromatic carbocycles. The van der Waals surface area contributed by atoms with Gasteiger partial charge in [0.1, 0.15) is 6.10 Å². The first-order valence-corrected chi connectivity index (χ1v) is 7.92. The van der Waals surface area contributed by atoms with Crippen LogP contribution in [-0.2, 0) is 0 Å². The Labute approximate surface area is 129 Å². The van der Waals surface area contributed by atoms with E-state index in [1.165, 1.54) is 0 Å². The van der Waals surface area contributed by atoms with Crippen LogP contribution in [0.15, 0.2) is 23.3 Å². The van der Waals surface area contributed by atoms with Gasteiger partial charge in [-0.3, -0.25) is 0 Å². The first-order chi connectivity index (χ1) is 10.5. The van der Waals surface area contributed by atoms with Gasteiger partial charge in [0.15, 0.2) is 0 Å². The molecule has 22 heavy (non-hydrogen) atoms. The Hall–Kier alpha value is -1.16. The molecule has 4 aliphatic rings. The summed E-state index contributed by atoms with van der Waals surface area (Å²) in [4.78, 5) is 0.